The van der Waals surface area contributed by atoms with Crippen molar-refractivity contribution in [1.29, 1.82) is 0 Å². The summed E-state index contributed by atoms with van der Waals surface area (Å²) in [5.41, 5.74) is 0.266. The molecule has 1 aromatic rings. The van der Waals surface area contributed by atoms with Crippen LogP contribution < -0.4 is 5.32 Å². The monoisotopic (exact) mass is 420 g/mol. The number of aliphatic hydroxyl groups is 1. The fourth-order valence-corrected chi connectivity index (χ4v) is 2.86. The van der Waals surface area contributed by atoms with Crippen LogP contribution in [0.1, 0.15) is 34.6 Å². The van der Waals surface area contributed by atoms with E-state index in [9.17, 15) is 19.2 Å². The van der Waals surface area contributed by atoms with Crippen LogP contribution >= 0.6 is 0 Å². The van der Waals surface area contributed by atoms with Crippen molar-refractivity contribution in [3.63, 3.8) is 0 Å². The van der Waals surface area contributed by atoms with Crippen molar-refractivity contribution in [1.82, 2.24) is 4.90 Å². The molecule has 0 saturated carbocycles. The molecule has 0 radical (unpaired) electrons. The van der Waals surface area contributed by atoms with E-state index in [0.29, 0.717) is 0 Å². The molecule has 0 spiro atoms. The molecule has 1 heterocycles. The molecule has 0 aliphatic carbocycles. The molecule has 0 saturated heterocycles. The van der Waals surface area contributed by atoms with E-state index in [0.717, 1.165) is 0 Å². The van der Waals surface area contributed by atoms with Crippen LogP contribution in [0.3, 0.4) is 0 Å². The molecule has 0 atom stereocenters. The van der Waals surface area contributed by atoms with Crippen LogP contribution in [0.5, 0.6) is 0 Å². The van der Waals surface area contributed by atoms with Gasteiger partial charge in [-0.3, -0.25) is 4.79 Å². The molecule has 1 aromatic carbocycles. The summed E-state index contributed by atoms with van der Waals surface area (Å²) in [7, 11) is 1.18. The molecule has 10 nitrogen and oxygen atoms in total. The minimum atomic E-state index is -0.718. The Kier molecular flexibility index (Phi) is 7.93. The van der Waals surface area contributed by atoms with Gasteiger partial charge in [-0.1, -0.05) is 0 Å². The number of amides is 1. The summed E-state index contributed by atoms with van der Waals surface area (Å²) in [6.45, 7) is 3.24. The van der Waals surface area contributed by atoms with Crippen LogP contribution in [-0.2, 0) is 23.8 Å². The number of benzene rings is 1. The van der Waals surface area contributed by atoms with Crippen molar-refractivity contribution < 1.29 is 38.5 Å². The summed E-state index contributed by atoms with van der Waals surface area (Å²) in [5.74, 6) is -2.58. The van der Waals surface area contributed by atoms with E-state index in [2.05, 4.69) is 5.32 Å². The van der Waals surface area contributed by atoms with Crippen LogP contribution in [0, 0.1) is 0 Å². The SMILES string of the molecule is CCOC(=O)c1ccc(NC2=C(C(=O)OC)CN(CCO)C2=O)c(C(=O)OCC)c1. The number of rotatable bonds is 9. The van der Waals surface area contributed by atoms with Gasteiger partial charge in [0.2, 0.25) is 0 Å². The average Bonchev–Trinajstić information content (AvgIpc) is 3.04. The topological polar surface area (TPSA) is 131 Å². The van der Waals surface area contributed by atoms with Crippen LogP contribution in [-0.4, -0.2) is 73.8 Å². The molecular weight excluding hydrogens is 396 g/mol. The highest BCUT2D eigenvalue weighted by atomic mass is 16.5. The number of hydrogen-bond acceptors (Lipinski definition) is 9. The van der Waals surface area contributed by atoms with Gasteiger partial charge < -0.3 is 29.5 Å². The lowest BCUT2D eigenvalue weighted by atomic mass is 10.1. The molecule has 1 aliphatic heterocycles. The molecule has 2 rings (SSSR count). The van der Waals surface area contributed by atoms with Gasteiger partial charge in [-0.05, 0) is 32.0 Å². The van der Waals surface area contributed by atoms with Crippen LogP contribution in [0.4, 0.5) is 5.69 Å². The fraction of sp³-hybridized carbons (Fsp3) is 0.400. The highest BCUT2D eigenvalue weighted by molar-refractivity contribution is 6.09. The summed E-state index contributed by atoms with van der Waals surface area (Å²) >= 11 is 0. The minimum absolute atomic E-state index is 0.00692. The second kappa shape index (κ2) is 10.4. The summed E-state index contributed by atoms with van der Waals surface area (Å²) in [6.07, 6.45) is 0. The predicted octanol–water partition coefficient (Wildman–Crippen LogP) is 0.713. The highest BCUT2D eigenvalue weighted by Gasteiger charge is 2.35. The van der Waals surface area contributed by atoms with Crippen molar-refractivity contribution in [2.24, 2.45) is 0 Å². The van der Waals surface area contributed by atoms with Gasteiger partial charge in [0.25, 0.3) is 5.91 Å². The van der Waals surface area contributed by atoms with E-state index in [1.54, 1.807) is 13.8 Å². The molecule has 0 unspecified atom stereocenters. The largest absolute Gasteiger partial charge is 0.466 e. The lowest BCUT2D eigenvalue weighted by molar-refractivity contribution is -0.136. The van der Waals surface area contributed by atoms with Gasteiger partial charge in [0.1, 0.15) is 5.70 Å². The maximum absolute atomic E-state index is 12.7. The van der Waals surface area contributed by atoms with Gasteiger partial charge in [0.15, 0.2) is 0 Å². The predicted molar refractivity (Wildman–Crippen MR) is 105 cm³/mol. The maximum Gasteiger partial charge on any atom is 0.340 e. The van der Waals surface area contributed by atoms with Crippen molar-refractivity contribution in [2.75, 3.05) is 45.3 Å². The van der Waals surface area contributed by atoms with Crippen LogP contribution in [0.25, 0.3) is 0 Å². The number of β-amino-alcohol motifs (C(OH)–C–C–N with tert-alkyl or cyclic N) is 1. The van der Waals surface area contributed by atoms with E-state index in [-0.39, 0.29) is 61.0 Å². The molecular formula is C20H24N2O8. The normalized spacial score (nSPS) is 13.3. The lowest BCUT2D eigenvalue weighted by Crippen LogP contribution is -2.31. The molecule has 0 bridgehead atoms. The van der Waals surface area contributed by atoms with E-state index < -0.39 is 23.8 Å². The Balaban J connectivity index is 2.48. The van der Waals surface area contributed by atoms with Crippen molar-refractivity contribution in [2.45, 2.75) is 13.8 Å². The fourth-order valence-electron chi connectivity index (χ4n) is 2.86. The Labute approximate surface area is 173 Å². The molecule has 1 amide bonds. The number of nitrogens with zero attached hydrogens (tertiary/aromatic N) is 1. The summed E-state index contributed by atoms with van der Waals surface area (Å²) in [5, 5.41) is 12.0. The third kappa shape index (κ3) is 4.95. The Bertz CT molecular complexity index is 878. The standard InChI is InChI=1S/C20H24N2O8/c1-4-29-18(25)12-6-7-15(13(10-12)20(27)30-5-2)21-16-14(19(26)28-3)11-22(8-9-23)17(16)24/h6-7,10,21,23H,4-5,8-9,11H2,1-3H3. The van der Waals surface area contributed by atoms with Gasteiger partial charge in [-0.15, -0.1) is 0 Å². The molecule has 0 fully saturated rings. The number of carbonyl (C=O) groups excluding carboxylic acids is 4. The summed E-state index contributed by atoms with van der Waals surface area (Å²) in [6, 6.07) is 4.14. The van der Waals surface area contributed by atoms with E-state index in [4.69, 9.17) is 19.3 Å². The first-order valence-corrected chi connectivity index (χ1v) is 9.34. The second-order valence-corrected chi connectivity index (χ2v) is 6.12. The van der Waals surface area contributed by atoms with E-state index >= 15 is 0 Å². The van der Waals surface area contributed by atoms with E-state index in [1.807, 2.05) is 0 Å². The molecule has 162 valence electrons. The zero-order chi connectivity index (χ0) is 22.3. The zero-order valence-corrected chi connectivity index (χ0v) is 17.0. The molecule has 2 N–H and O–H groups in total. The highest BCUT2D eigenvalue weighted by Crippen LogP contribution is 2.26. The Morgan fingerprint density at radius 2 is 1.77 bits per heavy atom. The first-order chi connectivity index (χ1) is 14.4. The van der Waals surface area contributed by atoms with E-state index in [1.165, 1.54) is 30.2 Å². The number of methoxy groups -OCH3 is 1. The quantitative estimate of drug-likeness (QED) is 0.438. The number of ether oxygens (including phenoxy) is 3. The van der Waals surface area contributed by atoms with Gasteiger partial charge in [-0.25, -0.2) is 14.4 Å². The molecule has 30 heavy (non-hydrogen) atoms. The van der Waals surface area contributed by atoms with Gasteiger partial charge >= 0.3 is 17.9 Å². The number of esters is 3. The number of anilines is 1. The minimum Gasteiger partial charge on any atom is -0.466 e. The number of hydrogen-bond donors (Lipinski definition) is 2. The summed E-state index contributed by atoms with van der Waals surface area (Å²) < 4.78 is 14.7. The third-order valence-electron chi connectivity index (χ3n) is 4.24. The third-order valence-corrected chi connectivity index (χ3v) is 4.24. The Morgan fingerprint density at radius 3 is 2.37 bits per heavy atom. The molecule has 1 aliphatic rings. The summed E-state index contributed by atoms with van der Waals surface area (Å²) in [4.78, 5) is 50.6. The van der Waals surface area contributed by atoms with Gasteiger partial charge in [0.05, 0.1) is 55.9 Å². The smallest absolute Gasteiger partial charge is 0.340 e. The average molecular weight is 420 g/mol. The van der Waals surface area contributed by atoms with Gasteiger partial charge in [0, 0.05) is 6.54 Å². The zero-order valence-electron chi connectivity index (χ0n) is 17.0. The lowest BCUT2D eigenvalue weighted by Gasteiger charge is -2.16. The first kappa shape index (κ1) is 22.9. The first-order valence-electron chi connectivity index (χ1n) is 9.34. The Hall–Kier alpha value is -3.40. The maximum atomic E-state index is 12.7. The van der Waals surface area contributed by atoms with Crippen molar-refractivity contribution in [3.8, 4) is 0 Å². The van der Waals surface area contributed by atoms with Gasteiger partial charge in [-0.2, -0.15) is 0 Å². The van der Waals surface area contributed by atoms with Crippen LogP contribution in [0.15, 0.2) is 29.5 Å². The van der Waals surface area contributed by atoms with Crippen molar-refractivity contribution in [3.05, 3.63) is 40.6 Å². The number of nitrogens with one attached hydrogen (secondary N) is 1. The number of carbonyl (C=O) groups is 4. The van der Waals surface area contributed by atoms with Crippen LogP contribution in [0.2, 0.25) is 0 Å². The second-order valence-electron chi connectivity index (χ2n) is 6.12. The Morgan fingerprint density at radius 1 is 1.10 bits per heavy atom. The molecule has 10 heteroatoms. The number of aliphatic hydroxyl groups excluding tert-OH is 1. The van der Waals surface area contributed by atoms with Crippen molar-refractivity contribution >= 4 is 29.5 Å². The molecule has 0 aromatic heterocycles.